The zero-order valence-electron chi connectivity index (χ0n) is 8.62. The van der Waals surface area contributed by atoms with Crippen molar-refractivity contribution in [3.05, 3.63) is 30.1 Å². The molecule has 0 aliphatic heterocycles. The second kappa shape index (κ2) is 3.88. The Bertz CT molecular complexity index is 249. The van der Waals surface area contributed by atoms with Crippen molar-refractivity contribution in [1.29, 1.82) is 0 Å². The summed E-state index contributed by atoms with van der Waals surface area (Å²) < 4.78 is 0. The summed E-state index contributed by atoms with van der Waals surface area (Å²) in [5, 5.41) is 0. The molecule has 0 spiro atoms. The minimum Gasteiger partial charge on any atom is -0.326 e. The maximum Gasteiger partial charge on any atom is 0.0270 e. The number of hydrogen-bond acceptors (Lipinski definition) is 2. The van der Waals surface area contributed by atoms with Gasteiger partial charge in [0.1, 0.15) is 0 Å². The SMILES string of the molecule is CC(CC(C)(C)N)c1ccncc1. The van der Waals surface area contributed by atoms with Crippen LogP contribution in [0.2, 0.25) is 0 Å². The first-order chi connectivity index (χ1) is 5.99. The number of nitrogens with two attached hydrogens (primary N) is 1. The van der Waals surface area contributed by atoms with Gasteiger partial charge in [-0.05, 0) is 43.9 Å². The van der Waals surface area contributed by atoms with Gasteiger partial charge in [0, 0.05) is 17.9 Å². The van der Waals surface area contributed by atoms with Crippen LogP contribution in [-0.2, 0) is 0 Å². The number of hydrogen-bond donors (Lipinski definition) is 1. The Kier molecular flexibility index (Phi) is 3.04. The van der Waals surface area contributed by atoms with E-state index in [9.17, 15) is 0 Å². The van der Waals surface area contributed by atoms with E-state index in [4.69, 9.17) is 5.73 Å². The Hall–Kier alpha value is -0.890. The summed E-state index contributed by atoms with van der Waals surface area (Å²) in [7, 11) is 0. The molecule has 72 valence electrons. The summed E-state index contributed by atoms with van der Waals surface area (Å²) >= 11 is 0. The third kappa shape index (κ3) is 3.55. The van der Waals surface area contributed by atoms with Crippen molar-refractivity contribution in [2.24, 2.45) is 5.73 Å². The van der Waals surface area contributed by atoms with E-state index in [0.717, 1.165) is 6.42 Å². The Morgan fingerprint density at radius 1 is 1.38 bits per heavy atom. The molecule has 13 heavy (non-hydrogen) atoms. The largest absolute Gasteiger partial charge is 0.326 e. The summed E-state index contributed by atoms with van der Waals surface area (Å²) in [5.41, 5.74) is 7.18. The molecule has 0 bridgehead atoms. The molecule has 2 heteroatoms. The number of pyridine rings is 1. The van der Waals surface area contributed by atoms with E-state index in [0.29, 0.717) is 5.92 Å². The molecule has 2 nitrogen and oxygen atoms in total. The fraction of sp³-hybridized carbons (Fsp3) is 0.545. The first kappa shape index (κ1) is 10.2. The molecule has 0 fully saturated rings. The zero-order chi connectivity index (χ0) is 9.90. The minimum absolute atomic E-state index is 0.0946. The first-order valence-electron chi connectivity index (χ1n) is 4.68. The third-order valence-electron chi connectivity index (χ3n) is 2.11. The fourth-order valence-electron chi connectivity index (χ4n) is 1.60. The van der Waals surface area contributed by atoms with Crippen LogP contribution in [0.15, 0.2) is 24.5 Å². The summed E-state index contributed by atoms with van der Waals surface area (Å²) in [6.45, 7) is 6.32. The molecule has 1 unspecified atom stereocenters. The Balaban J connectivity index is 2.64. The van der Waals surface area contributed by atoms with Crippen molar-refractivity contribution in [2.75, 3.05) is 0 Å². The maximum absolute atomic E-state index is 5.96. The van der Waals surface area contributed by atoms with Crippen molar-refractivity contribution in [3.8, 4) is 0 Å². The van der Waals surface area contributed by atoms with Crippen molar-refractivity contribution in [2.45, 2.75) is 38.6 Å². The third-order valence-corrected chi connectivity index (χ3v) is 2.11. The molecule has 0 aliphatic carbocycles. The number of nitrogens with zero attached hydrogens (tertiary/aromatic N) is 1. The second-order valence-electron chi connectivity index (χ2n) is 4.37. The summed E-state index contributed by atoms with van der Waals surface area (Å²) in [4.78, 5) is 3.99. The van der Waals surface area contributed by atoms with Crippen LogP contribution < -0.4 is 5.73 Å². The van der Waals surface area contributed by atoms with Gasteiger partial charge in [0.25, 0.3) is 0 Å². The van der Waals surface area contributed by atoms with Gasteiger partial charge in [-0.25, -0.2) is 0 Å². The van der Waals surface area contributed by atoms with Crippen LogP contribution in [0.1, 0.15) is 38.7 Å². The highest BCUT2D eigenvalue weighted by Gasteiger charge is 2.16. The standard InChI is InChI=1S/C11H18N2/c1-9(8-11(2,3)12)10-4-6-13-7-5-10/h4-7,9H,8,12H2,1-3H3. The van der Waals surface area contributed by atoms with Crippen LogP contribution in [-0.4, -0.2) is 10.5 Å². The predicted molar refractivity (Wildman–Crippen MR) is 55.5 cm³/mol. The van der Waals surface area contributed by atoms with Gasteiger partial charge in [-0.1, -0.05) is 6.92 Å². The summed E-state index contributed by atoms with van der Waals surface area (Å²) in [6, 6.07) is 4.10. The van der Waals surface area contributed by atoms with E-state index in [1.807, 2.05) is 12.4 Å². The molecule has 1 rings (SSSR count). The molecule has 0 radical (unpaired) electrons. The lowest BCUT2D eigenvalue weighted by Gasteiger charge is -2.23. The molecule has 2 N–H and O–H groups in total. The first-order valence-corrected chi connectivity index (χ1v) is 4.68. The minimum atomic E-state index is -0.0946. The molecule has 0 amide bonds. The molecule has 0 saturated carbocycles. The maximum atomic E-state index is 5.96. The lowest BCUT2D eigenvalue weighted by molar-refractivity contribution is 0.437. The molecule has 1 heterocycles. The highest BCUT2D eigenvalue weighted by atomic mass is 14.7. The fourth-order valence-corrected chi connectivity index (χ4v) is 1.60. The van der Waals surface area contributed by atoms with E-state index >= 15 is 0 Å². The van der Waals surface area contributed by atoms with Crippen LogP contribution in [0, 0.1) is 0 Å². The molecule has 1 aromatic heterocycles. The lowest BCUT2D eigenvalue weighted by Crippen LogP contribution is -2.33. The molecule has 1 aromatic rings. The Morgan fingerprint density at radius 2 is 1.92 bits per heavy atom. The van der Waals surface area contributed by atoms with Crippen LogP contribution >= 0.6 is 0 Å². The topological polar surface area (TPSA) is 38.9 Å². The van der Waals surface area contributed by atoms with Crippen LogP contribution in [0.3, 0.4) is 0 Å². The Labute approximate surface area is 80.2 Å². The summed E-state index contributed by atoms with van der Waals surface area (Å²) in [6.07, 6.45) is 4.65. The van der Waals surface area contributed by atoms with Crippen LogP contribution in [0.25, 0.3) is 0 Å². The molecule has 0 aromatic carbocycles. The van der Waals surface area contributed by atoms with Crippen molar-refractivity contribution in [1.82, 2.24) is 4.98 Å². The van der Waals surface area contributed by atoms with E-state index in [1.54, 1.807) is 0 Å². The highest BCUT2D eigenvalue weighted by molar-refractivity contribution is 5.15. The smallest absolute Gasteiger partial charge is 0.0270 e. The Morgan fingerprint density at radius 3 is 2.38 bits per heavy atom. The normalized spacial score (nSPS) is 14.2. The van der Waals surface area contributed by atoms with Gasteiger partial charge in [0.2, 0.25) is 0 Å². The molecule has 0 aliphatic rings. The monoisotopic (exact) mass is 178 g/mol. The van der Waals surface area contributed by atoms with Gasteiger partial charge in [0.15, 0.2) is 0 Å². The van der Waals surface area contributed by atoms with Crippen LogP contribution in [0.4, 0.5) is 0 Å². The van der Waals surface area contributed by atoms with Crippen molar-refractivity contribution < 1.29 is 0 Å². The van der Waals surface area contributed by atoms with Gasteiger partial charge in [0.05, 0.1) is 0 Å². The molecular weight excluding hydrogens is 160 g/mol. The van der Waals surface area contributed by atoms with Crippen molar-refractivity contribution in [3.63, 3.8) is 0 Å². The second-order valence-corrected chi connectivity index (χ2v) is 4.37. The van der Waals surface area contributed by atoms with E-state index < -0.39 is 0 Å². The number of aromatic nitrogens is 1. The van der Waals surface area contributed by atoms with Gasteiger partial charge in [-0.3, -0.25) is 4.98 Å². The molecule has 0 saturated heterocycles. The van der Waals surface area contributed by atoms with E-state index in [2.05, 4.69) is 37.9 Å². The van der Waals surface area contributed by atoms with Gasteiger partial charge in [-0.2, -0.15) is 0 Å². The van der Waals surface area contributed by atoms with Crippen LogP contribution in [0.5, 0.6) is 0 Å². The lowest BCUT2D eigenvalue weighted by atomic mass is 9.88. The average molecular weight is 178 g/mol. The molecular formula is C11H18N2. The van der Waals surface area contributed by atoms with Crippen molar-refractivity contribution >= 4 is 0 Å². The van der Waals surface area contributed by atoms with Gasteiger partial charge >= 0.3 is 0 Å². The van der Waals surface area contributed by atoms with E-state index in [-0.39, 0.29) is 5.54 Å². The van der Waals surface area contributed by atoms with Gasteiger partial charge < -0.3 is 5.73 Å². The van der Waals surface area contributed by atoms with Gasteiger partial charge in [-0.15, -0.1) is 0 Å². The van der Waals surface area contributed by atoms with E-state index in [1.165, 1.54) is 5.56 Å². The zero-order valence-corrected chi connectivity index (χ0v) is 8.62. The predicted octanol–water partition coefficient (Wildman–Crippen LogP) is 2.31. The molecule has 1 atom stereocenters. The average Bonchev–Trinajstić information content (AvgIpc) is 2.03. The summed E-state index contributed by atoms with van der Waals surface area (Å²) in [5.74, 6) is 0.503. The quantitative estimate of drug-likeness (QED) is 0.771. The highest BCUT2D eigenvalue weighted by Crippen LogP contribution is 2.23. The number of rotatable bonds is 3.